The molecule has 5 rings (SSSR count). The van der Waals surface area contributed by atoms with Gasteiger partial charge in [-0.1, -0.05) is 129 Å². The van der Waals surface area contributed by atoms with Crippen LogP contribution in [0, 0.1) is 5.92 Å². The molecule has 0 fully saturated rings. The van der Waals surface area contributed by atoms with Crippen LogP contribution in [0.4, 0.5) is 0 Å². The summed E-state index contributed by atoms with van der Waals surface area (Å²) >= 11 is 0. The molecule has 3 aromatic carbocycles. The third-order valence-electron chi connectivity index (χ3n) is 12.7. The highest BCUT2D eigenvalue weighted by atomic mass is 16.4. The standard InChI is InChI=1S/C57H70N10O12/c1-34(2)27-43(51(73)62-42(19-12-26-60-57(58)59)50(72)67-48(33-69)56(78)79)63-52(74)46(30-37-20-23-39(70)24-21-37)65-53(75)44(28-35-13-6-3-7-14-35)64-54(76)45(29-36-15-8-4-9-16-36)66-55(77)47(32-68)61-31-49(71)41-25-22-38-17-10-5-11-18-40(38)41/h3-11,13-18,20-25,34,42-48,61,68-70H,12,19,26-33H2,1-2H3,(H,62,73)(H,63,74)(H,64,76)(H,65,75)(H,66,77)(H,67,72)(H,78,79)(H4,58,59,60)/t42-,43-,44-,45-,46-,47-,48-/m0/s1. The Balaban J connectivity index is 1.41. The number of fused-ring (bicyclic) bond motifs is 1. The lowest BCUT2D eigenvalue weighted by Crippen LogP contribution is -2.61. The molecule has 0 bridgehead atoms. The Morgan fingerprint density at radius 1 is 0.506 bits per heavy atom. The molecule has 0 heterocycles. The van der Waals surface area contributed by atoms with Crippen molar-refractivity contribution in [1.29, 1.82) is 0 Å². The Morgan fingerprint density at radius 2 is 0.937 bits per heavy atom. The number of amides is 6. The number of rotatable bonds is 31. The molecule has 3 aromatic rings. The molecule has 22 heteroatoms. The minimum absolute atomic E-state index is 0.0165. The number of guanidine groups is 1. The number of nitrogens with two attached hydrogens (primary N) is 2. The van der Waals surface area contributed by atoms with E-state index in [4.69, 9.17) is 11.5 Å². The maximum Gasteiger partial charge on any atom is 0.328 e. The summed E-state index contributed by atoms with van der Waals surface area (Å²) < 4.78 is 0. The predicted molar refractivity (Wildman–Crippen MR) is 294 cm³/mol. The number of hydrogen-bond acceptors (Lipinski definition) is 13. The maximum absolute atomic E-state index is 14.8. The van der Waals surface area contributed by atoms with Gasteiger partial charge in [0.25, 0.3) is 0 Å². The molecule has 2 aliphatic rings. The van der Waals surface area contributed by atoms with E-state index in [1.165, 1.54) is 24.3 Å². The Labute approximate surface area is 457 Å². The monoisotopic (exact) mass is 1090 g/mol. The fraction of sp³-hybridized carbons (Fsp3) is 0.351. The molecule has 0 unspecified atom stereocenters. The van der Waals surface area contributed by atoms with Gasteiger partial charge in [0.05, 0.1) is 19.8 Å². The highest BCUT2D eigenvalue weighted by molar-refractivity contribution is 6.05. The molecular weight excluding hydrogens is 1020 g/mol. The number of ketones is 1. The summed E-state index contributed by atoms with van der Waals surface area (Å²) in [6.07, 6.45) is -0.312. The molecule has 22 nitrogen and oxygen atoms in total. The number of aliphatic carboxylic acids is 1. The number of aliphatic hydroxyl groups excluding tert-OH is 2. The Kier molecular flexibility index (Phi) is 23.9. The molecule has 0 spiro atoms. The van der Waals surface area contributed by atoms with Crippen molar-refractivity contribution in [2.24, 2.45) is 22.4 Å². The first-order chi connectivity index (χ1) is 37.8. The number of carboxylic acid groups (broad SMARTS) is 1. The average molecular weight is 1090 g/mol. The first-order valence-corrected chi connectivity index (χ1v) is 25.8. The van der Waals surface area contributed by atoms with Crippen molar-refractivity contribution in [2.45, 2.75) is 94.7 Å². The minimum Gasteiger partial charge on any atom is -0.508 e. The van der Waals surface area contributed by atoms with E-state index in [0.29, 0.717) is 27.8 Å². The Bertz CT molecular complexity index is 2830. The fourth-order valence-electron chi connectivity index (χ4n) is 8.50. The highest BCUT2D eigenvalue weighted by Gasteiger charge is 2.35. The largest absolute Gasteiger partial charge is 0.508 e. The zero-order valence-corrected chi connectivity index (χ0v) is 44.0. The minimum atomic E-state index is -1.70. The van der Waals surface area contributed by atoms with E-state index in [1.807, 2.05) is 18.2 Å². The number of hydrogen-bond donors (Lipinski definition) is 13. The van der Waals surface area contributed by atoms with E-state index in [0.717, 1.165) is 5.56 Å². The Hall–Kier alpha value is -8.73. The van der Waals surface area contributed by atoms with E-state index < -0.39 is 96.9 Å². The van der Waals surface area contributed by atoms with Crippen LogP contribution in [0.1, 0.15) is 60.2 Å². The van der Waals surface area contributed by atoms with Gasteiger partial charge in [0.1, 0.15) is 48.0 Å². The Morgan fingerprint density at radius 3 is 1.43 bits per heavy atom. The van der Waals surface area contributed by atoms with Crippen LogP contribution >= 0.6 is 0 Å². The molecular formula is C57H70N10O12. The van der Waals surface area contributed by atoms with Crippen LogP contribution in [0.25, 0.3) is 11.1 Å². The van der Waals surface area contributed by atoms with Gasteiger partial charge in [-0.2, -0.15) is 0 Å². The number of phenolic OH excluding ortho intramolecular Hbond substituents is 1. The fourth-order valence-corrected chi connectivity index (χ4v) is 8.50. The number of carbonyl (C=O) groups excluding carboxylic acids is 7. The summed E-state index contributed by atoms with van der Waals surface area (Å²) in [6, 6.07) is 25.8. The number of phenols is 1. The molecule has 79 heavy (non-hydrogen) atoms. The zero-order chi connectivity index (χ0) is 57.4. The quantitative estimate of drug-likeness (QED) is 0.0124. The summed E-state index contributed by atoms with van der Waals surface area (Å²) in [4.78, 5) is 115. The van der Waals surface area contributed by atoms with E-state index in [9.17, 15) is 58.8 Å². The number of carboxylic acids is 1. The van der Waals surface area contributed by atoms with Gasteiger partial charge in [-0.3, -0.25) is 43.9 Å². The van der Waals surface area contributed by atoms with E-state index in [-0.39, 0.29) is 75.0 Å². The van der Waals surface area contributed by atoms with Gasteiger partial charge in [-0.25, -0.2) is 4.79 Å². The molecule has 0 radical (unpaired) electrons. The lowest BCUT2D eigenvalue weighted by Gasteiger charge is -2.28. The SMILES string of the molecule is CC(C)C[C@H](NC(=O)[C@H](Cc1ccc(O)cc1)NC(=O)[C@H](Cc1ccccc1)NC(=O)[C@H](Cc1ccccc1)NC(=O)[C@H](CO)NCC(=O)c1ccc2cccccc1-2)C(=O)N[C@@H](CCCN=C(N)N)C(=O)N[C@@H](CO)C(=O)O. The van der Waals surface area contributed by atoms with Gasteiger partial charge >= 0.3 is 5.97 Å². The van der Waals surface area contributed by atoms with Crippen molar-refractivity contribution in [1.82, 2.24) is 37.2 Å². The topological polar surface area (TPSA) is 366 Å². The summed E-state index contributed by atoms with van der Waals surface area (Å²) in [5.41, 5.74) is 14.6. The number of benzene rings is 3. The smallest absolute Gasteiger partial charge is 0.328 e. The van der Waals surface area contributed by atoms with Crippen LogP contribution < -0.4 is 48.7 Å². The number of aliphatic hydroxyl groups is 2. The van der Waals surface area contributed by atoms with Gasteiger partial charge in [0, 0.05) is 31.4 Å². The van der Waals surface area contributed by atoms with Crippen molar-refractivity contribution in [3.8, 4) is 16.9 Å². The van der Waals surface area contributed by atoms with Crippen molar-refractivity contribution >= 4 is 53.2 Å². The van der Waals surface area contributed by atoms with Gasteiger partial charge < -0.3 is 63.8 Å². The van der Waals surface area contributed by atoms with E-state index in [1.54, 1.807) is 98.8 Å². The van der Waals surface area contributed by atoms with Gasteiger partial charge in [0.2, 0.25) is 35.4 Å². The number of nitrogens with one attached hydrogen (secondary N) is 7. The summed E-state index contributed by atoms with van der Waals surface area (Å²) in [5.74, 6) is -7.52. The van der Waals surface area contributed by atoms with Crippen LogP contribution in [0.3, 0.4) is 0 Å². The van der Waals surface area contributed by atoms with Crippen molar-refractivity contribution < 1.29 is 58.8 Å². The second kappa shape index (κ2) is 30.9. The zero-order valence-electron chi connectivity index (χ0n) is 44.0. The van der Waals surface area contributed by atoms with Gasteiger partial charge in [0.15, 0.2) is 11.7 Å². The average Bonchev–Trinajstić information content (AvgIpc) is 3.74. The van der Waals surface area contributed by atoms with Crippen LogP contribution in [-0.4, -0.2) is 142 Å². The third-order valence-corrected chi connectivity index (χ3v) is 12.7. The molecule has 7 atom stereocenters. The van der Waals surface area contributed by atoms with Crippen LogP contribution in [0.2, 0.25) is 0 Å². The first kappa shape index (κ1) is 61.1. The number of carbonyl (C=O) groups is 8. The molecule has 2 aliphatic carbocycles. The van der Waals surface area contributed by atoms with Crippen LogP contribution in [0.15, 0.2) is 132 Å². The second-order valence-corrected chi connectivity index (χ2v) is 19.3. The van der Waals surface area contributed by atoms with Gasteiger partial charge in [-0.15, -0.1) is 0 Å². The van der Waals surface area contributed by atoms with E-state index >= 15 is 0 Å². The summed E-state index contributed by atoms with van der Waals surface area (Å²) in [6.45, 7) is 1.58. The number of Topliss-reactive ketones (excluding diaryl/α,β-unsaturated/α-hetero) is 1. The lowest BCUT2D eigenvalue weighted by atomic mass is 9.99. The molecule has 15 N–H and O–H groups in total. The van der Waals surface area contributed by atoms with Gasteiger partial charge in [-0.05, 0) is 65.1 Å². The first-order valence-electron chi connectivity index (χ1n) is 25.8. The molecule has 0 saturated heterocycles. The predicted octanol–water partition coefficient (Wildman–Crippen LogP) is 0.444. The molecule has 0 aliphatic heterocycles. The van der Waals surface area contributed by atoms with Crippen LogP contribution in [-0.2, 0) is 52.8 Å². The number of aromatic hydroxyl groups is 1. The number of nitrogens with zero attached hydrogens (tertiary/aromatic N) is 1. The molecule has 420 valence electrons. The molecule has 0 aromatic heterocycles. The summed E-state index contributed by atoms with van der Waals surface area (Å²) in [7, 11) is 0. The molecule has 6 amide bonds. The highest BCUT2D eigenvalue weighted by Crippen LogP contribution is 2.27. The number of aliphatic imine (C=N–C) groups is 1. The normalized spacial score (nSPS) is 13.7. The second-order valence-electron chi connectivity index (χ2n) is 19.3. The lowest BCUT2D eigenvalue weighted by molar-refractivity contribution is -0.143. The van der Waals surface area contributed by atoms with E-state index in [2.05, 4.69) is 42.2 Å². The van der Waals surface area contributed by atoms with Crippen LogP contribution in [0.5, 0.6) is 5.75 Å². The van der Waals surface area contributed by atoms with Crippen molar-refractivity contribution in [3.05, 3.63) is 150 Å². The van der Waals surface area contributed by atoms with Crippen molar-refractivity contribution in [2.75, 3.05) is 26.3 Å². The summed E-state index contributed by atoms with van der Waals surface area (Å²) in [5, 5.41) is 58.1. The van der Waals surface area contributed by atoms with Crippen molar-refractivity contribution in [3.63, 3.8) is 0 Å². The third kappa shape index (κ3) is 19.7. The molecule has 0 saturated carbocycles. The maximum atomic E-state index is 14.8.